The van der Waals surface area contributed by atoms with E-state index >= 15 is 0 Å². The Morgan fingerprint density at radius 1 is 1.37 bits per heavy atom. The smallest absolute Gasteiger partial charge is 0.0553 e. The van der Waals surface area contributed by atoms with Gasteiger partial charge in [0.15, 0.2) is 0 Å². The van der Waals surface area contributed by atoms with Crippen LogP contribution in [0.25, 0.3) is 0 Å². The predicted molar refractivity (Wildman–Crippen MR) is 80.1 cm³/mol. The number of aryl methyl sites for hydroxylation is 1. The standard InChI is InChI=1S/C16H29N3/c1-3-12-17-15(10-9-14-7-5-6-8-14)16-11-13-18-19(16)4-2/h11,13-15,17H,3-10,12H2,1-2H3. The second kappa shape index (κ2) is 7.68. The van der Waals surface area contributed by atoms with Gasteiger partial charge < -0.3 is 5.32 Å². The molecule has 0 aromatic carbocycles. The molecule has 0 saturated heterocycles. The van der Waals surface area contributed by atoms with Crippen molar-refractivity contribution in [3.63, 3.8) is 0 Å². The fourth-order valence-electron chi connectivity index (χ4n) is 3.28. The van der Waals surface area contributed by atoms with Crippen molar-refractivity contribution in [2.45, 2.75) is 71.4 Å². The van der Waals surface area contributed by atoms with Crippen LogP contribution in [-0.2, 0) is 6.54 Å². The molecule has 1 saturated carbocycles. The van der Waals surface area contributed by atoms with Crippen molar-refractivity contribution < 1.29 is 0 Å². The fraction of sp³-hybridized carbons (Fsp3) is 0.812. The molecule has 1 aliphatic rings. The molecule has 0 amide bonds. The molecular formula is C16H29N3. The highest BCUT2D eigenvalue weighted by atomic mass is 15.3. The molecule has 1 heterocycles. The largest absolute Gasteiger partial charge is 0.309 e. The lowest BCUT2D eigenvalue weighted by molar-refractivity contribution is 0.394. The maximum absolute atomic E-state index is 4.42. The molecule has 1 fully saturated rings. The van der Waals surface area contributed by atoms with Crippen LogP contribution in [0.1, 0.15) is 70.5 Å². The summed E-state index contributed by atoms with van der Waals surface area (Å²) in [6.45, 7) is 6.47. The van der Waals surface area contributed by atoms with Gasteiger partial charge in [0, 0.05) is 18.8 Å². The molecule has 108 valence electrons. The third-order valence-electron chi connectivity index (χ3n) is 4.39. The Hall–Kier alpha value is -0.830. The minimum absolute atomic E-state index is 0.489. The van der Waals surface area contributed by atoms with Gasteiger partial charge in [-0.05, 0) is 44.7 Å². The molecule has 1 atom stereocenters. The first-order chi connectivity index (χ1) is 9.35. The molecule has 19 heavy (non-hydrogen) atoms. The molecule has 0 radical (unpaired) electrons. The van der Waals surface area contributed by atoms with Gasteiger partial charge >= 0.3 is 0 Å². The van der Waals surface area contributed by atoms with Gasteiger partial charge in [-0.25, -0.2) is 0 Å². The summed E-state index contributed by atoms with van der Waals surface area (Å²) in [6, 6.07) is 2.67. The monoisotopic (exact) mass is 263 g/mol. The van der Waals surface area contributed by atoms with E-state index in [9.17, 15) is 0 Å². The molecule has 0 aliphatic heterocycles. The summed E-state index contributed by atoms with van der Waals surface area (Å²) in [6.07, 6.45) is 11.6. The summed E-state index contributed by atoms with van der Waals surface area (Å²) in [5.41, 5.74) is 1.37. The summed E-state index contributed by atoms with van der Waals surface area (Å²) in [7, 11) is 0. The second-order valence-corrected chi connectivity index (χ2v) is 5.81. The van der Waals surface area contributed by atoms with Gasteiger partial charge in [0.1, 0.15) is 0 Å². The molecular weight excluding hydrogens is 234 g/mol. The van der Waals surface area contributed by atoms with Crippen molar-refractivity contribution in [2.24, 2.45) is 5.92 Å². The third kappa shape index (κ3) is 4.07. The summed E-state index contributed by atoms with van der Waals surface area (Å²) in [4.78, 5) is 0. The zero-order valence-electron chi connectivity index (χ0n) is 12.6. The summed E-state index contributed by atoms with van der Waals surface area (Å²) >= 11 is 0. The van der Waals surface area contributed by atoms with Crippen molar-refractivity contribution in [1.29, 1.82) is 0 Å². The van der Waals surface area contributed by atoms with E-state index in [2.05, 4.69) is 35.0 Å². The lowest BCUT2D eigenvalue weighted by Gasteiger charge is -2.21. The average molecular weight is 263 g/mol. The van der Waals surface area contributed by atoms with E-state index in [1.54, 1.807) is 0 Å². The van der Waals surface area contributed by atoms with Crippen LogP contribution < -0.4 is 5.32 Å². The number of rotatable bonds is 8. The van der Waals surface area contributed by atoms with Crippen LogP contribution in [0.4, 0.5) is 0 Å². The highest BCUT2D eigenvalue weighted by Gasteiger charge is 2.19. The maximum atomic E-state index is 4.42. The Kier molecular flexibility index (Phi) is 5.90. The van der Waals surface area contributed by atoms with Crippen LogP contribution in [0.3, 0.4) is 0 Å². The van der Waals surface area contributed by atoms with Gasteiger partial charge in [0.05, 0.1) is 5.69 Å². The normalized spacial score (nSPS) is 18.0. The number of aromatic nitrogens is 2. The lowest BCUT2D eigenvalue weighted by Crippen LogP contribution is -2.25. The lowest BCUT2D eigenvalue weighted by atomic mass is 9.97. The molecule has 0 spiro atoms. The quantitative estimate of drug-likeness (QED) is 0.770. The zero-order valence-corrected chi connectivity index (χ0v) is 12.6. The first-order valence-electron chi connectivity index (χ1n) is 8.10. The SMILES string of the molecule is CCCNC(CCC1CCCC1)c1ccnn1CC. The van der Waals surface area contributed by atoms with E-state index in [0.717, 1.165) is 19.0 Å². The molecule has 1 N–H and O–H groups in total. The van der Waals surface area contributed by atoms with Gasteiger partial charge in [-0.1, -0.05) is 32.6 Å². The summed E-state index contributed by atoms with van der Waals surface area (Å²) in [5, 5.41) is 8.13. The van der Waals surface area contributed by atoms with E-state index in [1.165, 1.54) is 50.6 Å². The van der Waals surface area contributed by atoms with Crippen molar-refractivity contribution in [2.75, 3.05) is 6.54 Å². The highest BCUT2D eigenvalue weighted by Crippen LogP contribution is 2.31. The maximum Gasteiger partial charge on any atom is 0.0553 e. The van der Waals surface area contributed by atoms with E-state index in [-0.39, 0.29) is 0 Å². The van der Waals surface area contributed by atoms with Crippen molar-refractivity contribution in [3.05, 3.63) is 18.0 Å². The van der Waals surface area contributed by atoms with Crippen molar-refractivity contribution in [3.8, 4) is 0 Å². The molecule has 3 heteroatoms. The highest BCUT2D eigenvalue weighted by molar-refractivity contribution is 5.07. The number of nitrogens with one attached hydrogen (secondary N) is 1. The minimum Gasteiger partial charge on any atom is -0.309 e. The van der Waals surface area contributed by atoms with Crippen LogP contribution in [0, 0.1) is 5.92 Å². The van der Waals surface area contributed by atoms with E-state index < -0.39 is 0 Å². The molecule has 1 unspecified atom stereocenters. The Balaban J connectivity index is 1.94. The molecule has 1 aliphatic carbocycles. The fourth-order valence-corrected chi connectivity index (χ4v) is 3.28. The Morgan fingerprint density at radius 3 is 2.84 bits per heavy atom. The van der Waals surface area contributed by atoms with Crippen LogP contribution >= 0.6 is 0 Å². The van der Waals surface area contributed by atoms with E-state index in [0.29, 0.717) is 6.04 Å². The van der Waals surface area contributed by atoms with Gasteiger partial charge in [-0.3, -0.25) is 4.68 Å². The Bertz CT molecular complexity index is 353. The number of hydrogen-bond donors (Lipinski definition) is 1. The summed E-state index contributed by atoms with van der Waals surface area (Å²) in [5.74, 6) is 0.976. The molecule has 1 aromatic heterocycles. The predicted octanol–water partition coefficient (Wildman–Crippen LogP) is 3.91. The van der Waals surface area contributed by atoms with Gasteiger partial charge in [0.25, 0.3) is 0 Å². The van der Waals surface area contributed by atoms with Gasteiger partial charge in [-0.15, -0.1) is 0 Å². The van der Waals surface area contributed by atoms with Gasteiger partial charge in [0.2, 0.25) is 0 Å². The Morgan fingerprint density at radius 2 is 2.16 bits per heavy atom. The minimum atomic E-state index is 0.489. The Labute approximate surface area is 117 Å². The van der Waals surface area contributed by atoms with Crippen LogP contribution in [0.2, 0.25) is 0 Å². The molecule has 3 nitrogen and oxygen atoms in total. The van der Waals surface area contributed by atoms with Crippen LogP contribution in [-0.4, -0.2) is 16.3 Å². The molecule has 2 rings (SSSR count). The summed E-state index contributed by atoms with van der Waals surface area (Å²) < 4.78 is 2.14. The number of nitrogens with zero attached hydrogens (tertiary/aromatic N) is 2. The van der Waals surface area contributed by atoms with Gasteiger partial charge in [-0.2, -0.15) is 5.10 Å². The molecule has 1 aromatic rings. The zero-order chi connectivity index (χ0) is 13.5. The van der Waals surface area contributed by atoms with Crippen molar-refractivity contribution in [1.82, 2.24) is 15.1 Å². The molecule has 0 bridgehead atoms. The number of hydrogen-bond acceptors (Lipinski definition) is 2. The topological polar surface area (TPSA) is 29.9 Å². The first-order valence-corrected chi connectivity index (χ1v) is 8.10. The second-order valence-electron chi connectivity index (χ2n) is 5.81. The first kappa shape index (κ1) is 14.6. The van der Waals surface area contributed by atoms with Crippen LogP contribution in [0.5, 0.6) is 0 Å². The van der Waals surface area contributed by atoms with Crippen molar-refractivity contribution >= 4 is 0 Å². The average Bonchev–Trinajstić information content (AvgIpc) is 3.09. The van der Waals surface area contributed by atoms with Crippen LogP contribution in [0.15, 0.2) is 12.3 Å². The van der Waals surface area contributed by atoms with E-state index in [1.807, 2.05) is 6.20 Å². The third-order valence-corrected chi connectivity index (χ3v) is 4.39. The van der Waals surface area contributed by atoms with E-state index in [4.69, 9.17) is 0 Å².